The van der Waals surface area contributed by atoms with Crippen LogP contribution >= 0.6 is 24.0 Å². The van der Waals surface area contributed by atoms with Crippen LogP contribution in [0.25, 0.3) is 0 Å². The molecule has 0 aromatic heterocycles. The SMILES string of the molecule is CN=C(NCC(C)N(C)C1CC1)N1CCC(Cc2ccccc2)C1.I. The van der Waals surface area contributed by atoms with Crippen molar-refractivity contribution in [1.82, 2.24) is 15.1 Å². The maximum Gasteiger partial charge on any atom is 0.193 e. The van der Waals surface area contributed by atoms with E-state index in [0.717, 1.165) is 37.6 Å². The van der Waals surface area contributed by atoms with E-state index in [-0.39, 0.29) is 24.0 Å². The van der Waals surface area contributed by atoms with Crippen molar-refractivity contribution in [3.05, 3.63) is 35.9 Å². The summed E-state index contributed by atoms with van der Waals surface area (Å²) >= 11 is 0. The van der Waals surface area contributed by atoms with Gasteiger partial charge in [-0.15, -0.1) is 24.0 Å². The van der Waals surface area contributed by atoms with Crippen LogP contribution in [0.2, 0.25) is 0 Å². The molecule has 3 rings (SSSR count). The second-order valence-electron chi connectivity index (χ2n) is 7.46. The van der Waals surface area contributed by atoms with Crippen molar-refractivity contribution in [3.63, 3.8) is 0 Å². The van der Waals surface area contributed by atoms with Gasteiger partial charge in [0.1, 0.15) is 0 Å². The van der Waals surface area contributed by atoms with Crippen molar-refractivity contribution in [3.8, 4) is 0 Å². The van der Waals surface area contributed by atoms with Gasteiger partial charge in [-0.2, -0.15) is 0 Å². The van der Waals surface area contributed by atoms with Crippen molar-refractivity contribution >= 4 is 29.9 Å². The maximum atomic E-state index is 4.52. The lowest BCUT2D eigenvalue weighted by atomic mass is 9.99. The molecule has 1 aromatic carbocycles. The fourth-order valence-electron chi connectivity index (χ4n) is 3.70. The highest BCUT2D eigenvalue weighted by Gasteiger charge is 2.30. The predicted molar refractivity (Wildman–Crippen MR) is 117 cm³/mol. The third kappa shape index (κ3) is 5.84. The largest absolute Gasteiger partial charge is 0.355 e. The second-order valence-corrected chi connectivity index (χ2v) is 7.46. The van der Waals surface area contributed by atoms with Gasteiger partial charge in [-0.25, -0.2) is 0 Å². The van der Waals surface area contributed by atoms with Crippen molar-refractivity contribution in [2.45, 2.75) is 44.7 Å². The summed E-state index contributed by atoms with van der Waals surface area (Å²) in [5, 5.41) is 3.59. The molecular formula is C20H33IN4. The Morgan fingerprint density at radius 2 is 2.00 bits per heavy atom. The number of halogens is 1. The molecule has 1 aliphatic heterocycles. The highest BCUT2D eigenvalue weighted by atomic mass is 127. The number of likely N-dealkylation sites (N-methyl/N-ethyl adjacent to an activating group) is 1. The van der Waals surface area contributed by atoms with E-state index in [1.807, 2.05) is 7.05 Å². The van der Waals surface area contributed by atoms with Crippen molar-refractivity contribution in [1.29, 1.82) is 0 Å². The zero-order valence-electron chi connectivity index (χ0n) is 15.8. The van der Waals surface area contributed by atoms with Gasteiger partial charge >= 0.3 is 0 Å². The number of guanidine groups is 1. The minimum absolute atomic E-state index is 0. The molecule has 4 nitrogen and oxygen atoms in total. The van der Waals surface area contributed by atoms with Crippen LogP contribution in [0.15, 0.2) is 35.3 Å². The number of hydrogen-bond donors (Lipinski definition) is 1. The van der Waals surface area contributed by atoms with E-state index in [4.69, 9.17) is 0 Å². The first-order valence-electron chi connectivity index (χ1n) is 9.39. The predicted octanol–water partition coefficient (Wildman–Crippen LogP) is 3.23. The van der Waals surface area contributed by atoms with Gasteiger partial charge in [-0.05, 0) is 51.1 Å². The number of rotatable bonds is 6. The molecule has 1 saturated carbocycles. The van der Waals surface area contributed by atoms with Crippen LogP contribution in [0.4, 0.5) is 0 Å². The average molecular weight is 456 g/mol. The summed E-state index contributed by atoms with van der Waals surface area (Å²) < 4.78 is 0. The topological polar surface area (TPSA) is 30.9 Å². The molecule has 25 heavy (non-hydrogen) atoms. The fourth-order valence-corrected chi connectivity index (χ4v) is 3.70. The number of likely N-dealkylation sites (tertiary alicyclic amines) is 1. The Kier molecular flexibility index (Phi) is 8.00. The van der Waals surface area contributed by atoms with Crippen LogP contribution in [0.3, 0.4) is 0 Å². The number of hydrogen-bond acceptors (Lipinski definition) is 2. The fraction of sp³-hybridized carbons (Fsp3) is 0.650. The zero-order chi connectivity index (χ0) is 16.9. The maximum absolute atomic E-state index is 4.52. The van der Waals surface area contributed by atoms with Gasteiger partial charge in [0.05, 0.1) is 0 Å². The van der Waals surface area contributed by atoms with Crippen LogP contribution < -0.4 is 5.32 Å². The molecule has 2 atom stereocenters. The standard InChI is InChI=1S/C20H32N4.HI/c1-16(23(3)19-9-10-19)14-22-20(21-2)24-12-11-18(15-24)13-17-7-5-4-6-8-17;/h4-8,16,18-19H,9-15H2,1-3H3,(H,21,22);1H. The summed E-state index contributed by atoms with van der Waals surface area (Å²) in [6, 6.07) is 12.2. The summed E-state index contributed by atoms with van der Waals surface area (Å²) in [6.45, 7) is 5.51. The molecule has 2 aliphatic rings. The summed E-state index contributed by atoms with van der Waals surface area (Å²) in [4.78, 5) is 9.45. The molecule has 1 aliphatic carbocycles. The normalized spacial score (nSPS) is 22.0. The Morgan fingerprint density at radius 3 is 2.64 bits per heavy atom. The molecule has 1 heterocycles. The van der Waals surface area contributed by atoms with E-state index in [9.17, 15) is 0 Å². The Balaban J connectivity index is 0.00000225. The highest BCUT2D eigenvalue weighted by molar-refractivity contribution is 14.0. The van der Waals surface area contributed by atoms with Crippen molar-refractivity contribution < 1.29 is 0 Å². The Hall–Kier alpha value is -0.820. The zero-order valence-corrected chi connectivity index (χ0v) is 18.1. The minimum atomic E-state index is 0. The summed E-state index contributed by atoms with van der Waals surface area (Å²) in [5.41, 5.74) is 1.45. The number of benzene rings is 1. The number of aliphatic imine (C=N–C) groups is 1. The molecule has 0 radical (unpaired) electrons. The molecule has 1 saturated heterocycles. The Morgan fingerprint density at radius 1 is 1.28 bits per heavy atom. The molecule has 0 amide bonds. The van der Waals surface area contributed by atoms with Gasteiger partial charge in [0.2, 0.25) is 0 Å². The molecule has 140 valence electrons. The van der Waals surface area contributed by atoms with E-state index in [1.165, 1.54) is 31.2 Å². The third-order valence-corrected chi connectivity index (χ3v) is 5.54. The van der Waals surface area contributed by atoms with Gasteiger partial charge < -0.3 is 10.2 Å². The van der Waals surface area contributed by atoms with E-state index in [1.54, 1.807) is 0 Å². The molecule has 1 N–H and O–H groups in total. The average Bonchev–Trinajstić information content (AvgIpc) is 3.36. The lowest BCUT2D eigenvalue weighted by Crippen LogP contribution is -2.46. The lowest BCUT2D eigenvalue weighted by molar-refractivity contribution is 0.246. The van der Waals surface area contributed by atoms with Crippen LogP contribution in [-0.4, -0.2) is 61.6 Å². The van der Waals surface area contributed by atoms with Gasteiger partial charge in [-0.3, -0.25) is 9.89 Å². The van der Waals surface area contributed by atoms with Crippen LogP contribution in [0.5, 0.6) is 0 Å². The molecule has 5 heteroatoms. The van der Waals surface area contributed by atoms with Crippen LogP contribution in [-0.2, 0) is 6.42 Å². The first-order valence-corrected chi connectivity index (χ1v) is 9.39. The van der Waals surface area contributed by atoms with E-state index in [2.05, 4.69) is 64.4 Å². The Labute approximate surface area is 170 Å². The smallest absolute Gasteiger partial charge is 0.193 e. The van der Waals surface area contributed by atoms with E-state index < -0.39 is 0 Å². The van der Waals surface area contributed by atoms with Crippen LogP contribution in [0, 0.1) is 5.92 Å². The van der Waals surface area contributed by atoms with Crippen molar-refractivity contribution in [2.75, 3.05) is 33.7 Å². The first kappa shape index (κ1) is 20.5. The van der Waals surface area contributed by atoms with Crippen molar-refractivity contribution in [2.24, 2.45) is 10.9 Å². The summed E-state index contributed by atoms with van der Waals surface area (Å²) in [6.07, 6.45) is 5.16. The first-order chi connectivity index (χ1) is 11.7. The number of nitrogens with zero attached hydrogens (tertiary/aromatic N) is 3. The Bertz CT molecular complexity index is 544. The van der Waals surface area contributed by atoms with Gasteiger partial charge in [0.25, 0.3) is 0 Å². The molecule has 0 spiro atoms. The quantitative estimate of drug-likeness (QED) is 0.405. The lowest BCUT2D eigenvalue weighted by Gasteiger charge is -2.28. The third-order valence-electron chi connectivity index (χ3n) is 5.54. The molecule has 2 unspecified atom stereocenters. The number of nitrogens with one attached hydrogen (secondary N) is 1. The van der Waals surface area contributed by atoms with Gasteiger partial charge in [0, 0.05) is 38.8 Å². The van der Waals surface area contributed by atoms with Gasteiger partial charge in [-0.1, -0.05) is 30.3 Å². The summed E-state index contributed by atoms with van der Waals surface area (Å²) in [5.74, 6) is 1.80. The second kappa shape index (κ2) is 9.76. The summed E-state index contributed by atoms with van der Waals surface area (Å²) in [7, 11) is 4.15. The van der Waals surface area contributed by atoms with Crippen LogP contribution in [0.1, 0.15) is 31.7 Å². The van der Waals surface area contributed by atoms with Gasteiger partial charge in [0.15, 0.2) is 5.96 Å². The van der Waals surface area contributed by atoms with E-state index in [0.29, 0.717) is 6.04 Å². The molecule has 0 bridgehead atoms. The molecular weight excluding hydrogens is 423 g/mol. The van der Waals surface area contributed by atoms with E-state index >= 15 is 0 Å². The highest BCUT2D eigenvalue weighted by Crippen LogP contribution is 2.26. The monoisotopic (exact) mass is 456 g/mol. The molecule has 1 aromatic rings. The minimum Gasteiger partial charge on any atom is -0.355 e. The molecule has 2 fully saturated rings.